The van der Waals surface area contributed by atoms with E-state index < -0.39 is 4.92 Å². The van der Waals surface area contributed by atoms with Crippen molar-refractivity contribution in [2.24, 2.45) is 11.7 Å². The number of nitrogens with zero attached hydrogens (tertiary/aromatic N) is 4. The Morgan fingerprint density at radius 2 is 1.93 bits per heavy atom. The summed E-state index contributed by atoms with van der Waals surface area (Å²) in [6.45, 7) is 0.251. The minimum atomic E-state index is -0.527. The Balaban J connectivity index is 1.81. The maximum absolute atomic E-state index is 11.5. The number of nitro groups is 1. The van der Waals surface area contributed by atoms with Crippen LogP contribution in [0.3, 0.4) is 0 Å². The first-order valence-electron chi connectivity index (χ1n) is 8.93. The van der Waals surface area contributed by atoms with Gasteiger partial charge in [-0.15, -0.1) is 0 Å². The monoisotopic (exact) mass is 425 g/mol. The molecule has 0 radical (unpaired) electrons. The summed E-state index contributed by atoms with van der Waals surface area (Å²) in [7, 11) is 0. The SMILES string of the molecule is Nc1nc(NCc2cncc(Cl)c2Cl)nc(C[C@H]2CC[C@H](N)CC2)c1[N+](=O)[O-]. The number of halogens is 2. The van der Waals surface area contributed by atoms with Crippen molar-refractivity contribution in [3.05, 3.63) is 43.8 Å². The van der Waals surface area contributed by atoms with E-state index in [9.17, 15) is 10.1 Å². The summed E-state index contributed by atoms with van der Waals surface area (Å²) in [6, 6.07) is 0.204. The van der Waals surface area contributed by atoms with Gasteiger partial charge in [0, 0.05) is 30.5 Å². The number of aromatic nitrogens is 3. The van der Waals surface area contributed by atoms with Crippen LogP contribution in [0.4, 0.5) is 17.5 Å². The summed E-state index contributed by atoms with van der Waals surface area (Å²) < 4.78 is 0. The standard InChI is InChI=1S/C17H21Cl2N7O2/c18-12-8-22-6-10(14(12)19)7-23-17-24-13(15(26(27)28)16(21)25-17)5-9-1-3-11(20)4-2-9/h6,8-9,11H,1-5,7,20H2,(H3,21,23,24,25)/t9-,11-. The van der Waals surface area contributed by atoms with Gasteiger partial charge in [-0.2, -0.15) is 4.98 Å². The molecule has 11 heteroatoms. The average molecular weight is 426 g/mol. The molecule has 3 rings (SSSR count). The average Bonchev–Trinajstić information content (AvgIpc) is 2.64. The number of nitrogens with two attached hydrogens (primary N) is 2. The molecular formula is C17H21Cl2N7O2. The van der Waals surface area contributed by atoms with Crippen molar-refractivity contribution < 1.29 is 4.92 Å². The molecule has 2 heterocycles. The van der Waals surface area contributed by atoms with Crippen LogP contribution >= 0.6 is 23.2 Å². The van der Waals surface area contributed by atoms with Crippen molar-refractivity contribution in [2.45, 2.75) is 44.7 Å². The second-order valence-electron chi connectivity index (χ2n) is 6.92. The fourth-order valence-electron chi connectivity index (χ4n) is 3.36. The lowest BCUT2D eigenvalue weighted by Gasteiger charge is -2.25. The third-order valence-electron chi connectivity index (χ3n) is 4.89. The zero-order valence-corrected chi connectivity index (χ0v) is 16.6. The molecule has 1 aliphatic carbocycles. The van der Waals surface area contributed by atoms with Gasteiger partial charge < -0.3 is 16.8 Å². The third kappa shape index (κ3) is 4.78. The largest absolute Gasteiger partial charge is 0.378 e. The summed E-state index contributed by atoms with van der Waals surface area (Å²) in [5, 5.41) is 15.2. The number of nitrogens with one attached hydrogen (secondary N) is 1. The minimum Gasteiger partial charge on any atom is -0.378 e. The van der Waals surface area contributed by atoms with Gasteiger partial charge in [0.2, 0.25) is 11.8 Å². The van der Waals surface area contributed by atoms with Gasteiger partial charge in [0.1, 0.15) is 5.69 Å². The van der Waals surface area contributed by atoms with Crippen molar-refractivity contribution >= 4 is 40.7 Å². The van der Waals surface area contributed by atoms with Gasteiger partial charge in [0.15, 0.2) is 0 Å². The highest BCUT2D eigenvalue weighted by Crippen LogP contribution is 2.32. The summed E-state index contributed by atoms with van der Waals surface area (Å²) in [5.41, 5.74) is 12.6. The molecule has 0 saturated heterocycles. The molecule has 2 aromatic heterocycles. The fraction of sp³-hybridized carbons (Fsp3) is 0.471. The van der Waals surface area contributed by atoms with Gasteiger partial charge in [-0.05, 0) is 38.0 Å². The van der Waals surface area contributed by atoms with Crippen LogP contribution in [-0.2, 0) is 13.0 Å². The number of hydrogen-bond donors (Lipinski definition) is 3. The maximum atomic E-state index is 11.5. The van der Waals surface area contributed by atoms with Crippen LogP contribution < -0.4 is 16.8 Å². The molecule has 0 atom stereocenters. The first-order chi connectivity index (χ1) is 13.3. The lowest BCUT2D eigenvalue weighted by atomic mass is 9.83. The van der Waals surface area contributed by atoms with Gasteiger partial charge in [-0.25, -0.2) is 4.98 Å². The molecule has 1 aliphatic rings. The Hall–Kier alpha value is -2.23. The smallest absolute Gasteiger partial charge is 0.332 e. The van der Waals surface area contributed by atoms with Crippen LogP contribution in [0.25, 0.3) is 0 Å². The Morgan fingerprint density at radius 3 is 2.61 bits per heavy atom. The van der Waals surface area contributed by atoms with E-state index in [1.54, 1.807) is 6.20 Å². The molecular weight excluding hydrogens is 405 g/mol. The van der Waals surface area contributed by atoms with E-state index in [-0.39, 0.29) is 36.0 Å². The van der Waals surface area contributed by atoms with E-state index in [0.29, 0.717) is 27.7 Å². The van der Waals surface area contributed by atoms with Gasteiger partial charge in [-0.3, -0.25) is 15.1 Å². The Morgan fingerprint density at radius 1 is 1.21 bits per heavy atom. The summed E-state index contributed by atoms with van der Waals surface area (Å²) >= 11 is 12.1. The molecule has 0 aromatic carbocycles. The number of nitrogen functional groups attached to an aromatic ring is 1. The normalized spacial score (nSPS) is 19.4. The summed E-state index contributed by atoms with van der Waals surface area (Å²) in [6.07, 6.45) is 7.12. The van der Waals surface area contributed by atoms with E-state index in [0.717, 1.165) is 25.7 Å². The molecule has 150 valence electrons. The van der Waals surface area contributed by atoms with Crippen molar-refractivity contribution in [2.75, 3.05) is 11.1 Å². The van der Waals surface area contributed by atoms with Crippen LogP contribution in [0.15, 0.2) is 12.4 Å². The van der Waals surface area contributed by atoms with Crippen LogP contribution in [-0.4, -0.2) is 25.9 Å². The molecule has 1 fully saturated rings. The Labute approximate surface area is 172 Å². The zero-order chi connectivity index (χ0) is 20.3. The van der Waals surface area contributed by atoms with E-state index in [2.05, 4.69) is 20.3 Å². The minimum absolute atomic E-state index is 0.166. The molecule has 9 nitrogen and oxygen atoms in total. The molecule has 0 unspecified atom stereocenters. The van der Waals surface area contributed by atoms with Crippen LogP contribution in [0.5, 0.6) is 0 Å². The van der Waals surface area contributed by atoms with Gasteiger partial charge >= 0.3 is 5.69 Å². The van der Waals surface area contributed by atoms with E-state index in [1.807, 2.05) is 0 Å². The number of rotatable bonds is 6. The number of pyridine rings is 1. The lowest BCUT2D eigenvalue weighted by molar-refractivity contribution is -0.385. The van der Waals surface area contributed by atoms with Gasteiger partial charge in [0.25, 0.3) is 0 Å². The predicted molar refractivity (Wildman–Crippen MR) is 108 cm³/mol. The molecule has 0 aliphatic heterocycles. The van der Waals surface area contributed by atoms with Crippen LogP contribution in [0, 0.1) is 16.0 Å². The second-order valence-corrected chi connectivity index (χ2v) is 7.70. The number of hydrogen-bond acceptors (Lipinski definition) is 8. The second kappa shape index (κ2) is 8.85. The van der Waals surface area contributed by atoms with Crippen molar-refractivity contribution in [3.8, 4) is 0 Å². The third-order valence-corrected chi connectivity index (χ3v) is 5.72. The Kier molecular flexibility index (Phi) is 6.48. The molecule has 0 spiro atoms. The first-order valence-corrected chi connectivity index (χ1v) is 9.68. The molecule has 2 aromatic rings. The summed E-state index contributed by atoms with van der Waals surface area (Å²) in [5.74, 6) is 0.314. The van der Waals surface area contributed by atoms with Crippen molar-refractivity contribution in [1.29, 1.82) is 0 Å². The van der Waals surface area contributed by atoms with Gasteiger partial charge in [0.05, 0.1) is 15.0 Å². The molecule has 5 N–H and O–H groups in total. The van der Waals surface area contributed by atoms with Crippen molar-refractivity contribution in [3.63, 3.8) is 0 Å². The first kappa shape index (κ1) is 20.5. The zero-order valence-electron chi connectivity index (χ0n) is 15.1. The highest BCUT2D eigenvalue weighted by molar-refractivity contribution is 6.42. The van der Waals surface area contributed by atoms with Crippen molar-refractivity contribution in [1.82, 2.24) is 15.0 Å². The summed E-state index contributed by atoms with van der Waals surface area (Å²) in [4.78, 5) is 23.3. The highest BCUT2D eigenvalue weighted by atomic mass is 35.5. The highest BCUT2D eigenvalue weighted by Gasteiger charge is 2.27. The lowest BCUT2D eigenvalue weighted by Crippen LogP contribution is -2.27. The van der Waals surface area contributed by atoms with Crippen LogP contribution in [0.1, 0.15) is 36.9 Å². The number of anilines is 2. The topological polar surface area (TPSA) is 146 Å². The van der Waals surface area contributed by atoms with E-state index in [4.69, 9.17) is 34.7 Å². The predicted octanol–water partition coefficient (Wildman–Crippen LogP) is 3.34. The maximum Gasteiger partial charge on any atom is 0.332 e. The Bertz CT molecular complexity index is 873. The molecule has 0 amide bonds. The quantitative estimate of drug-likeness (QED) is 0.471. The van der Waals surface area contributed by atoms with E-state index in [1.165, 1.54) is 6.20 Å². The fourth-order valence-corrected chi connectivity index (χ4v) is 3.71. The molecule has 28 heavy (non-hydrogen) atoms. The molecule has 0 bridgehead atoms. The van der Waals surface area contributed by atoms with E-state index >= 15 is 0 Å². The van der Waals surface area contributed by atoms with Crippen LogP contribution in [0.2, 0.25) is 10.0 Å². The van der Waals surface area contributed by atoms with Gasteiger partial charge in [-0.1, -0.05) is 23.2 Å². The molecule has 1 saturated carbocycles.